The third-order valence-electron chi connectivity index (χ3n) is 3.74. The molecule has 6 heteroatoms. The molecule has 1 heterocycles. The van der Waals surface area contributed by atoms with Gasteiger partial charge in [0.25, 0.3) is 5.91 Å². The lowest BCUT2D eigenvalue weighted by Gasteiger charge is -2.20. The van der Waals surface area contributed by atoms with E-state index in [1.807, 2.05) is 37.3 Å². The van der Waals surface area contributed by atoms with E-state index in [0.717, 1.165) is 17.0 Å². The molecule has 25 heavy (non-hydrogen) atoms. The van der Waals surface area contributed by atoms with Crippen molar-refractivity contribution in [3.05, 3.63) is 77.7 Å². The van der Waals surface area contributed by atoms with Gasteiger partial charge in [0.2, 0.25) is 9.84 Å². The molecule has 0 saturated carbocycles. The number of carbonyl (C=O) groups is 1. The second kappa shape index (κ2) is 7.21. The fourth-order valence-electron chi connectivity index (χ4n) is 2.48. The van der Waals surface area contributed by atoms with Gasteiger partial charge in [-0.1, -0.05) is 36.4 Å². The van der Waals surface area contributed by atoms with Crippen molar-refractivity contribution in [3.8, 4) is 0 Å². The van der Waals surface area contributed by atoms with E-state index < -0.39 is 9.84 Å². The van der Waals surface area contributed by atoms with Gasteiger partial charge in [-0.3, -0.25) is 4.79 Å². The number of nitrogens with zero attached hydrogens (tertiary/aromatic N) is 1. The van der Waals surface area contributed by atoms with Crippen LogP contribution >= 0.6 is 11.3 Å². The van der Waals surface area contributed by atoms with Crippen LogP contribution < -0.4 is 4.90 Å². The molecule has 0 saturated heterocycles. The molecule has 2 aromatic carbocycles. The largest absolute Gasteiger partial charge is 0.308 e. The van der Waals surface area contributed by atoms with Crippen LogP contribution in [0.2, 0.25) is 0 Å². The summed E-state index contributed by atoms with van der Waals surface area (Å²) in [5.41, 5.74) is 0.788. The molecule has 0 spiro atoms. The van der Waals surface area contributed by atoms with Gasteiger partial charge in [-0.25, -0.2) is 8.42 Å². The molecule has 1 aromatic heterocycles. The average Bonchev–Trinajstić information content (AvgIpc) is 3.15. The van der Waals surface area contributed by atoms with Gasteiger partial charge in [0, 0.05) is 12.2 Å². The molecular formula is C19H17NO3S2. The van der Waals surface area contributed by atoms with Crippen LogP contribution in [0, 0.1) is 0 Å². The third kappa shape index (κ3) is 3.50. The van der Waals surface area contributed by atoms with Crippen molar-refractivity contribution in [2.24, 2.45) is 0 Å². The van der Waals surface area contributed by atoms with Gasteiger partial charge >= 0.3 is 0 Å². The molecule has 0 unspecified atom stereocenters. The normalized spacial score (nSPS) is 11.2. The molecule has 3 rings (SSSR count). The average molecular weight is 371 g/mol. The molecule has 128 valence electrons. The minimum Gasteiger partial charge on any atom is -0.308 e. The lowest BCUT2D eigenvalue weighted by molar-refractivity contribution is 0.0992. The van der Waals surface area contributed by atoms with Crippen molar-refractivity contribution in [1.29, 1.82) is 0 Å². The third-order valence-corrected chi connectivity index (χ3v) is 7.07. The Morgan fingerprint density at radius 1 is 0.920 bits per heavy atom. The number of anilines is 1. The monoisotopic (exact) mass is 371 g/mol. The number of amides is 1. The van der Waals surface area contributed by atoms with Gasteiger partial charge in [0.05, 0.1) is 9.77 Å². The van der Waals surface area contributed by atoms with Crippen LogP contribution in [0.15, 0.2) is 81.9 Å². The highest BCUT2D eigenvalue weighted by atomic mass is 32.2. The first-order valence-electron chi connectivity index (χ1n) is 7.81. The minimum atomic E-state index is -3.60. The van der Waals surface area contributed by atoms with Crippen LogP contribution in [-0.2, 0) is 9.84 Å². The van der Waals surface area contributed by atoms with E-state index in [1.54, 1.807) is 41.3 Å². The van der Waals surface area contributed by atoms with Crippen LogP contribution in [0.1, 0.15) is 16.6 Å². The van der Waals surface area contributed by atoms with E-state index >= 15 is 0 Å². The molecule has 4 nitrogen and oxygen atoms in total. The molecule has 0 aliphatic rings. The Morgan fingerprint density at radius 3 is 2.12 bits per heavy atom. The molecule has 0 atom stereocenters. The second-order valence-corrected chi connectivity index (χ2v) is 8.58. The van der Waals surface area contributed by atoms with E-state index in [4.69, 9.17) is 0 Å². The van der Waals surface area contributed by atoms with Crippen molar-refractivity contribution in [2.75, 3.05) is 11.4 Å². The number of hydrogen-bond acceptors (Lipinski definition) is 4. The number of rotatable bonds is 5. The second-order valence-electron chi connectivity index (χ2n) is 5.32. The maximum atomic E-state index is 12.8. The fraction of sp³-hybridized carbons (Fsp3) is 0.105. The Labute approximate surface area is 151 Å². The molecule has 0 N–H and O–H groups in total. The number of thiophene rings is 1. The molecular weight excluding hydrogens is 354 g/mol. The number of hydrogen-bond donors (Lipinski definition) is 0. The van der Waals surface area contributed by atoms with Crippen molar-refractivity contribution >= 4 is 32.8 Å². The first kappa shape index (κ1) is 17.4. The van der Waals surface area contributed by atoms with Crippen LogP contribution in [-0.4, -0.2) is 20.9 Å². The van der Waals surface area contributed by atoms with Crippen LogP contribution in [0.25, 0.3) is 0 Å². The molecule has 0 fully saturated rings. The maximum Gasteiger partial charge on any atom is 0.268 e. The number of para-hydroxylation sites is 1. The predicted octanol–water partition coefficient (Wildman–Crippen LogP) is 4.25. The quantitative estimate of drug-likeness (QED) is 0.674. The lowest BCUT2D eigenvalue weighted by Crippen LogP contribution is -2.29. The summed E-state index contributed by atoms with van der Waals surface area (Å²) in [6.07, 6.45) is 0. The standard InChI is InChI=1S/C19H17NO3S2/c1-2-20(15-9-5-3-6-10-15)19(21)17-13-14-18(24-17)25(22,23)16-11-7-4-8-12-16/h3-14H,2H2,1H3. The zero-order chi connectivity index (χ0) is 17.9. The van der Waals surface area contributed by atoms with Gasteiger partial charge in [0.15, 0.2) is 0 Å². The number of benzene rings is 2. The summed E-state index contributed by atoms with van der Waals surface area (Å²) in [7, 11) is -3.60. The van der Waals surface area contributed by atoms with Crippen LogP contribution in [0.5, 0.6) is 0 Å². The lowest BCUT2D eigenvalue weighted by atomic mass is 10.2. The fourth-order valence-corrected chi connectivity index (χ4v) is 5.16. The van der Waals surface area contributed by atoms with E-state index in [0.29, 0.717) is 11.4 Å². The maximum absolute atomic E-state index is 12.8. The van der Waals surface area contributed by atoms with Gasteiger partial charge < -0.3 is 4.90 Å². The molecule has 0 radical (unpaired) electrons. The van der Waals surface area contributed by atoms with Gasteiger partial charge in [-0.2, -0.15) is 0 Å². The predicted molar refractivity (Wildman–Crippen MR) is 100 cm³/mol. The Morgan fingerprint density at radius 2 is 1.52 bits per heavy atom. The topological polar surface area (TPSA) is 54.5 Å². The molecule has 1 amide bonds. The molecule has 0 aliphatic heterocycles. The summed E-state index contributed by atoms with van der Waals surface area (Å²) in [4.78, 5) is 15.1. The Balaban J connectivity index is 1.92. The highest BCUT2D eigenvalue weighted by Crippen LogP contribution is 2.29. The minimum absolute atomic E-state index is 0.172. The number of sulfone groups is 1. The van der Waals surface area contributed by atoms with E-state index in [-0.39, 0.29) is 15.0 Å². The molecule has 0 bridgehead atoms. The summed E-state index contributed by atoms with van der Waals surface area (Å²) >= 11 is 1.00. The van der Waals surface area contributed by atoms with Gasteiger partial charge in [-0.05, 0) is 43.3 Å². The van der Waals surface area contributed by atoms with Gasteiger partial charge in [0.1, 0.15) is 4.21 Å². The first-order valence-corrected chi connectivity index (χ1v) is 10.1. The number of carbonyl (C=O) groups excluding carboxylic acids is 1. The zero-order valence-electron chi connectivity index (χ0n) is 13.6. The van der Waals surface area contributed by atoms with Crippen molar-refractivity contribution < 1.29 is 13.2 Å². The Bertz CT molecular complexity index is 964. The van der Waals surface area contributed by atoms with E-state index in [1.165, 1.54) is 6.07 Å². The van der Waals surface area contributed by atoms with Crippen molar-refractivity contribution in [2.45, 2.75) is 16.0 Å². The van der Waals surface area contributed by atoms with Crippen molar-refractivity contribution in [1.82, 2.24) is 0 Å². The van der Waals surface area contributed by atoms with Crippen LogP contribution in [0.3, 0.4) is 0 Å². The van der Waals surface area contributed by atoms with Crippen LogP contribution in [0.4, 0.5) is 5.69 Å². The Kier molecular flexibility index (Phi) is 5.01. The summed E-state index contributed by atoms with van der Waals surface area (Å²) in [6, 6.07) is 20.6. The first-order chi connectivity index (χ1) is 12.0. The summed E-state index contributed by atoms with van der Waals surface area (Å²) in [5, 5.41) is 0. The highest BCUT2D eigenvalue weighted by molar-refractivity contribution is 7.93. The summed E-state index contributed by atoms with van der Waals surface area (Å²) in [5.74, 6) is -0.201. The SMILES string of the molecule is CCN(C(=O)c1ccc(S(=O)(=O)c2ccccc2)s1)c1ccccc1. The smallest absolute Gasteiger partial charge is 0.268 e. The highest BCUT2D eigenvalue weighted by Gasteiger charge is 2.23. The zero-order valence-corrected chi connectivity index (χ0v) is 15.3. The summed E-state index contributed by atoms with van der Waals surface area (Å²) in [6.45, 7) is 2.39. The van der Waals surface area contributed by atoms with E-state index in [9.17, 15) is 13.2 Å². The summed E-state index contributed by atoms with van der Waals surface area (Å²) < 4.78 is 25.5. The van der Waals surface area contributed by atoms with Gasteiger partial charge in [-0.15, -0.1) is 11.3 Å². The van der Waals surface area contributed by atoms with Crippen molar-refractivity contribution in [3.63, 3.8) is 0 Å². The molecule has 3 aromatic rings. The van der Waals surface area contributed by atoms with E-state index in [2.05, 4.69) is 0 Å². The molecule has 0 aliphatic carbocycles. The Hall–Kier alpha value is -2.44.